The lowest BCUT2D eigenvalue weighted by atomic mass is 10.3. The summed E-state index contributed by atoms with van der Waals surface area (Å²) in [6.07, 6.45) is -0.647. The van der Waals surface area contributed by atoms with Crippen LogP contribution in [0, 0.1) is 5.82 Å². The zero-order valence-corrected chi connectivity index (χ0v) is 11.9. The summed E-state index contributed by atoms with van der Waals surface area (Å²) in [6, 6.07) is 4.13. The van der Waals surface area contributed by atoms with Gasteiger partial charge in [0.15, 0.2) is 5.11 Å². The highest BCUT2D eigenvalue weighted by Crippen LogP contribution is 2.18. The normalized spacial score (nSPS) is 9.68. The van der Waals surface area contributed by atoms with Crippen molar-refractivity contribution in [3.8, 4) is 0 Å². The number of hydrogen-bond donors (Lipinski definition) is 2. The molecule has 2 N–H and O–H groups in total. The van der Waals surface area contributed by atoms with Crippen LogP contribution in [0.1, 0.15) is 6.92 Å². The molecule has 0 bridgehead atoms. The number of ether oxygens (including phenoxy) is 1. The average molecular weight is 306 g/mol. The van der Waals surface area contributed by atoms with Crippen molar-refractivity contribution in [1.29, 1.82) is 0 Å². The zero-order chi connectivity index (χ0) is 14.4. The molecule has 0 fully saturated rings. The van der Waals surface area contributed by atoms with Gasteiger partial charge in [0.1, 0.15) is 5.82 Å². The van der Waals surface area contributed by atoms with Gasteiger partial charge in [-0.2, -0.15) is 0 Å². The molecule has 0 unspecified atom stereocenters. The molecule has 5 nitrogen and oxygen atoms in total. The number of nitrogens with one attached hydrogen (secondary N) is 2. The quantitative estimate of drug-likeness (QED) is 0.650. The molecule has 1 aromatic carbocycles. The van der Waals surface area contributed by atoms with Gasteiger partial charge in [0, 0.05) is 12.1 Å². The number of hydrogen-bond acceptors (Lipinski definition) is 3. The largest absolute Gasteiger partial charge is 0.449 e. The maximum Gasteiger partial charge on any atom is 0.426 e. The van der Waals surface area contributed by atoms with Gasteiger partial charge in [-0.15, -0.1) is 0 Å². The molecule has 104 valence electrons. The lowest BCUT2D eigenvalue weighted by molar-refractivity contribution is 0.136. The molecule has 0 atom stereocenters. The molecule has 1 rings (SSSR count). The monoisotopic (exact) mass is 305 g/mol. The first kappa shape index (κ1) is 15.5. The molecule has 0 aromatic heterocycles. The van der Waals surface area contributed by atoms with E-state index in [4.69, 9.17) is 23.8 Å². The van der Waals surface area contributed by atoms with Crippen molar-refractivity contribution in [2.75, 3.05) is 19.0 Å². The molecule has 0 aliphatic heterocycles. The van der Waals surface area contributed by atoms with E-state index in [0.29, 0.717) is 0 Å². The Morgan fingerprint density at radius 2 is 2.26 bits per heavy atom. The van der Waals surface area contributed by atoms with Crippen LogP contribution in [0.15, 0.2) is 18.2 Å². The van der Waals surface area contributed by atoms with E-state index in [1.54, 1.807) is 6.92 Å². The molecule has 0 heterocycles. The van der Waals surface area contributed by atoms with E-state index in [2.05, 4.69) is 15.5 Å². The Bertz CT molecular complexity index is 487. The van der Waals surface area contributed by atoms with Gasteiger partial charge in [0.2, 0.25) is 0 Å². The van der Waals surface area contributed by atoms with Crippen LogP contribution in [0.25, 0.3) is 0 Å². The maximum absolute atomic E-state index is 13.5. The highest BCUT2D eigenvalue weighted by Gasteiger charge is 2.11. The number of hydrazine groups is 1. The minimum atomic E-state index is -0.647. The number of thiocarbonyl (C=S) groups is 1. The van der Waals surface area contributed by atoms with E-state index < -0.39 is 11.9 Å². The maximum atomic E-state index is 13.5. The van der Waals surface area contributed by atoms with Gasteiger partial charge in [-0.05, 0) is 37.3 Å². The summed E-state index contributed by atoms with van der Waals surface area (Å²) < 4.78 is 18.2. The van der Waals surface area contributed by atoms with Crippen LogP contribution in [-0.2, 0) is 4.74 Å². The fourth-order valence-electron chi connectivity index (χ4n) is 1.14. The first-order valence-electron chi connectivity index (χ1n) is 5.37. The number of halogens is 2. The first-order valence-corrected chi connectivity index (χ1v) is 6.15. The van der Waals surface area contributed by atoms with Gasteiger partial charge in [-0.3, -0.25) is 5.01 Å². The second-order valence-electron chi connectivity index (χ2n) is 3.45. The Balaban J connectivity index is 2.61. The van der Waals surface area contributed by atoms with E-state index >= 15 is 0 Å². The summed E-state index contributed by atoms with van der Waals surface area (Å²) in [7, 11) is 1.50. The summed E-state index contributed by atoms with van der Waals surface area (Å²) in [5, 5.41) is 4.24. The minimum Gasteiger partial charge on any atom is -0.449 e. The predicted molar refractivity (Wildman–Crippen MR) is 75.6 cm³/mol. The van der Waals surface area contributed by atoms with Crippen LogP contribution in [0.5, 0.6) is 0 Å². The van der Waals surface area contributed by atoms with Crippen LogP contribution < -0.4 is 10.7 Å². The molecule has 1 amide bonds. The fraction of sp³-hybridized carbons (Fsp3) is 0.273. The number of nitrogens with zero attached hydrogens (tertiary/aromatic N) is 1. The van der Waals surface area contributed by atoms with E-state index in [-0.39, 0.29) is 22.4 Å². The lowest BCUT2D eigenvalue weighted by Crippen LogP contribution is -2.45. The van der Waals surface area contributed by atoms with Gasteiger partial charge >= 0.3 is 6.09 Å². The van der Waals surface area contributed by atoms with Crippen molar-refractivity contribution in [1.82, 2.24) is 10.4 Å². The van der Waals surface area contributed by atoms with Crippen molar-refractivity contribution in [2.45, 2.75) is 6.92 Å². The van der Waals surface area contributed by atoms with Gasteiger partial charge in [-0.25, -0.2) is 14.6 Å². The number of rotatable bonds is 2. The smallest absolute Gasteiger partial charge is 0.426 e. The summed E-state index contributed by atoms with van der Waals surface area (Å²) in [5.41, 5.74) is 2.51. The standard InChI is InChI=1S/C11H13ClFN3O2S/c1-3-18-11(17)15-16(2)10(19)14-9-5-4-7(12)6-8(9)13/h4-6H,3H2,1-2H3,(H,14,19)(H,15,17). The Morgan fingerprint density at radius 1 is 1.58 bits per heavy atom. The van der Waals surface area contributed by atoms with E-state index in [0.717, 1.165) is 6.07 Å². The number of benzene rings is 1. The van der Waals surface area contributed by atoms with Crippen molar-refractivity contribution in [3.05, 3.63) is 29.0 Å². The van der Waals surface area contributed by atoms with Crippen molar-refractivity contribution in [3.63, 3.8) is 0 Å². The van der Waals surface area contributed by atoms with E-state index in [1.807, 2.05) is 0 Å². The molecule has 0 saturated carbocycles. The second-order valence-corrected chi connectivity index (χ2v) is 4.27. The molecule has 8 heteroatoms. The van der Waals surface area contributed by atoms with E-state index in [9.17, 15) is 9.18 Å². The number of carbonyl (C=O) groups is 1. The molecule has 1 aromatic rings. The number of carbonyl (C=O) groups excluding carboxylic acids is 1. The Morgan fingerprint density at radius 3 is 2.84 bits per heavy atom. The van der Waals surface area contributed by atoms with Crippen LogP contribution >= 0.6 is 23.8 Å². The molecule has 0 spiro atoms. The summed E-state index contributed by atoms with van der Waals surface area (Å²) in [5.74, 6) is -0.542. The SMILES string of the molecule is CCOC(=O)NN(C)C(=S)Nc1ccc(Cl)cc1F. The Labute approximate surface area is 120 Å². The van der Waals surface area contributed by atoms with Crippen molar-refractivity contribution < 1.29 is 13.9 Å². The minimum absolute atomic E-state index is 0.106. The van der Waals surface area contributed by atoms with Crippen LogP contribution in [0.3, 0.4) is 0 Å². The third-order valence-electron chi connectivity index (χ3n) is 2.01. The van der Waals surface area contributed by atoms with Gasteiger partial charge < -0.3 is 10.1 Å². The van der Waals surface area contributed by atoms with Crippen molar-refractivity contribution >= 4 is 40.7 Å². The molecule has 0 aliphatic carbocycles. The van der Waals surface area contributed by atoms with E-state index in [1.165, 1.54) is 24.2 Å². The Kier molecular flexibility index (Phi) is 5.78. The number of amides is 1. The summed E-state index contributed by atoms with van der Waals surface area (Å²) in [4.78, 5) is 11.2. The average Bonchev–Trinajstić information content (AvgIpc) is 2.32. The predicted octanol–water partition coefficient (Wildman–Crippen LogP) is 2.77. The summed E-state index contributed by atoms with van der Waals surface area (Å²) in [6.45, 7) is 1.92. The van der Waals surface area contributed by atoms with Gasteiger partial charge in [0.05, 0.1) is 12.3 Å². The van der Waals surface area contributed by atoms with Gasteiger partial charge in [-0.1, -0.05) is 11.6 Å². The molecule has 0 aliphatic rings. The molecule has 0 radical (unpaired) electrons. The highest BCUT2D eigenvalue weighted by atomic mass is 35.5. The molecular weight excluding hydrogens is 293 g/mol. The third kappa shape index (κ3) is 4.88. The summed E-state index contributed by atoms with van der Waals surface area (Å²) >= 11 is 10.6. The molecular formula is C11H13ClFN3O2S. The zero-order valence-electron chi connectivity index (χ0n) is 10.4. The highest BCUT2D eigenvalue weighted by molar-refractivity contribution is 7.80. The molecule has 0 saturated heterocycles. The van der Waals surface area contributed by atoms with Crippen LogP contribution in [0.4, 0.5) is 14.9 Å². The van der Waals surface area contributed by atoms with Crippen LogP contribution in [-0.4, -0.2) is 29.9 Å². The third-order valence-corrected chi connectivity index (χ3v) is 2.62. The Hall–Kier alpha value is -1.60. The fourth-order valence-corrected chi connectivity index (χ4v) is 1.46. The first-order chi connectivity index (χ1) is 8.93. The van der Waals surface area contributed by atoms with Crippen LogP contribution in [0.2, 0.25) is 5.02 Å². The molecule has 19 heavy (non-hydrogen) atoms. The topological polar surface area (TPSA) is 53.6 Å². The van der Waals surface area contributed by atoms with Gasteiger partial charge in [0.25, 0.3) is 0 Å². The number of anilines is 1. The van der Waals surface area contributed by atoms with Crippen molar-refractivity contribution in [2.24, 2.45) is 0 Å². The lowest BCUT2D eigenvalue weighted by Gasteiger charge is -2.21. The second kappa shape index (κ2) is 7.10.